The zero-order valence-corrected chi connectivity index (χ0v) is 17.8. The molecule has 3 aromatic carbocycles. The topological polar surface area (TPSA) is 57.1 Å². The van der Waals surface area contributed by atoms with Crippen LogP contribution >= 0.6 is 0 Å². The van der Waals surface area contributed by atoms with Gasteiger partial charge in [0.2, 0.25) is 0 Å². The highest BCUT2D eigenvalue weighted by Crippen LogP contribution is 2.45. The fourth-order valence-electron chi connectivity index (χ4n) is 3.42. The van der Waals surface area contributed by atoms with Gasteiger partial charge in [-0.25, -0.2) is 15.0 Å². The third kappa shape index (κ3) is 3.99. The molecule has 154 valence electrons. The van der Waals surface area contributed by atoms with Gasteiger partial charge in [-0.1, -0.05) is 69.3 Å². The molecule has 5 rings (SSSR count). The van der Waals surface area contributed by atoms with Crippen LogP contribution in [0.1, 0.15) is 38.0 Å². The molecule has 5 nitrogen and oxygen atoms in total. The first-order valence-electron chi connectivity index (χ1n) is 10.3. The molecule has 0 saturated carbocycles. The number of benzene rings is 3. The summed E-state index contributed by atoms with van der Waals surface area (Å²) in [5.41, 5.74) is 1.85. The van der Waals surface area contributed by atoms with Crippen LogP contribution in [0, 0.1) is 0 Å². The minimum Gasteiger partial charge on any atom is -0.450 e. The summed E-state index contributed by atoms with van der Waals surface area (Å²) in [5.74, 6) is 5.06. The molecule has 0 atom stereocenters. The summed E-state index contributed by atoms with van der Waals surface area (Å²) in [6.07, 6.45) is 0.573. The molecule has 5 heteroatoms. The van der Waals surface area contributed by atoms with Crippen molar-refractivity contribution in [2.24, 2.45) is 0 Å². The van der Waals surface area contributed by atoms with E-state index in [-0.39, 0.29) is 5.41 Å². The van der Waals surface area contributed by atoms with Gasteiger partial charge in [-0.2, -0.15) is 0 Å². The largest absolute Gasteiger partial charge is 0.450 e. The lowest BCUT2D eigenvalue weighted by atomic mass is 9.95. The Morgan fingerprint density at radius 2 is 1.32 bits per heavy atom. The summed E-state index contributed by atoms with van der Waals surface area (Å²) in [6.45, 7) is 6.34. The first-order valence-corrected chi connectivity index (χ1v) is 10.3. The van der Waals surface area contributed by atoms with E-state index in [1.54, 1.807) is 0 Å². The van der Waals surface area contributed by atoms with E-state index in [1.807, 2.05) is 72.8 Å². The van der Waals surface area contributed by atoms with Crippen LogP contribution in [0.15, 0.2) is 72.8 Å². The summed E-state index contributed by atoms with van der Waals surface area (Å²) in [6, 6.07) is 23.6. The first kappa shape index (κ1) is 19.2. The third-order valence-electron chi connectivity index (χ3n) is 5.04. The molecule has 1 aliphatic rings. The van der Waals surface area contributed by atoms with Crippen LogP contribution in [0.2, 0.25) is 0 Å². The lowest BCUT2D eigenvalue weighted by molar-refractivity contribution is 0.359. The second-order valence-electron chi connectivity index (χ2n) is 8.62. The molecule has 0 bridgehead atoms. The molecule has 4 aromatic rings. The van der Waals surface area contributed by atoms with E-state index in [9.17, 15) is 0 Å². The predicted octanol–water partition coefficient (Wildman–Crippen LogP) is 6.32. The average molecular weight is 409 g/mol. The van der Waals surface area contributed by atoms with E-state index in [0.717, 1.165) is 28.5 Å². The molecular formula is C26H23N3O2. The average Bonchev–Trinajstić information content (AvgIpc) is 2.77. The van der Waals surface area contributed by atoms with Crippen molar-refractivity contribution >= 4 is 0 Å². The number of ether oxygens (including phenoxy) is 2. The van der Waals surface area contributed by atoms with Crippen LogP contribution in [-0.2, 0) is 11.8 Å². The van der Waals surface area contributed by atoms with Crippen molar-refractivity contribution in [2.75, 3.05) is 0 Å². The highest BCUT2D eigenvalue weighted by Gasteiger charge is 2.22. The number of rotatable bonds is 3. The van der Waals surface area contributed by atoms with Crippen molar-refractivity contribution in [2.45, 2.75) is 32.6 Å². The van der Waals surface area contributed by atoms with Gasteiger partial charge >= 0.3 is 0 Å². The Kier molecular flexibility index (Phi) is 4.66. The Bertz CT molecular complexity index is 1250. The Morgan fingerprint density at radius 3 is 2.03 bits per heavy atom. The molecule has 1 aliphatic heterocycles. The second kappa shape index (κ2) is 7.51. The standard InChI is InChI=1S/C26H23N3O2/c1-26(2,3)25-28-23(27-24(29-25)18-9-5-4-6-10-18)16-17-13-14-21-22(15-17)31-20-12-8-7-11-19(20)30-21/h4-15H,16H2,1-3H3. The monoisotopic (exact) mass is 409 g/mol. The molecule has 2 heterocycles. The van der Waals surface area contributed by atoms with Gasteiger partial charge < -0.3 is 9.47 Å². The van der Waals surface area contributed by atoms with Crippen molar-refractivity contribution in [3.63, 3.8) is 0 Å². The molecule has 0 N–H and O–H groups in total. The number of hydrogen-bond donors (Lipinski definition) is 0. The van der Waals surface area contributed by atoms with Gasteiger partial charge in [0.05, 0.1) is 0 Å². The zero-order valence-electron chi connectivity index (χ0n) is 17.8. The third-order valence-corrected chi connectivity index (χ3v) is 5.04. The minimum atomic E-state index is -0.183. The summed E-state index contributed by atoms with van der Waals surface area (Å²) < 4.78 is 12.0. The maximum atomic E-state index is 6.05. The van der Waals surface area contributed by atoms with Crippen molar-refractivity contribution in [3.05, 3.63) is 90.0 Å². The molecule has 31 heavy (non-hydrogen) atoms. The van der Waals surface area contributed by atoms with Crippen molar-refractivity contribution in [1.82, 2.24) is 15.0 Å². The smallest absolute Gasteiger partial charge is 0.170 e. The fourth-order valence-corrected chi connectivity index (χ4v) is 3.42. The summed E-state index contributed by atoms with van der Waals surface area (Å²) in [4.78, 5) is 14.3. The Labute approximate surface area is 181 Å². The number of aromatic nitrogens is 3. The van der Waals surface area contributed by atoms with Crippen LogP contribution < -0.4 is 9.47 Å². The van der Waals surface area contributed by atoms with Crippen LogP contribution in [0.25, 0.3) is 11.4 Å². The second-order valence-corrected chi connectivity index (χ2v) is 8.62. The van der Waals surface area contributed by atoms with Gasteiger partial charge in [0.1, 0.15) is 11.6 Å². The number of fused-ring (bicyclic) bond motifs is 2. The van der Waals surface area contributed by atoms with E-state index in [2.05, 4.69) is 20.8 Å². The highest BCUT2D eigenvalue weighted by molar-refractivity contribution is 5.56. The Balaban J connectivity index is 1.49. The minimum absolute atomic E-state index is 0.183. The molecule has 0 fully saturated rings. The zero-order chi connectivity index (χ0) is 21.4. The molecule has 0 aliphatic carbocycles. The molecular weight excluding hydrogens is 386 g/mol. The summed E-state index contributed by atoms with van der Waals surface area (Å²) >= 11 is 0. The van der Waals surface area contributed by atoms with Gasteiger partial charge in [0.25, 0.3) is 0 Å². The number of hydrogen-bond acceptors (Lipinski definition) is 5. The van der Waals surface area contributed by atoms with Crippen LogP contribution in [0.5, 0.6) is 23.0 Å². The molecule has 0 radical (unpaired) electrons. The van der Waals surface area contributed by atoms with Gasteiger partial charge in [-0.05, 0) is 29.8 Å². The van der Waals surface area contributed by atoms with Crippen LogP contribution in [-0.4, -0.2) is 15.0 Å². The van der Waals surface area contributed by atoms with Crippen LogP contribution in [0.3, 0.4) is 0 Å². The van der Waals surface area contributed by atoms with Crippen molar-refractivity contribution in [1.29, 1.82) is 0 Å². The maximum absolute atomic E-state index is 6.05. The van der Waals surface area contributed by atoms with Crippen LogP contribution in [0.4, 0.5) is 0 Å². The quantitative estimate of drug-likeness (QED) is 0.349. The normalized spacial score (nSPS) is 12.4. The van der Waals surface area contributed by atoms with Crippen molar-refractivity contribution < 1.29 is 9.47 Å². The maximum Gasteiger partial charge on any atom is 0.170 e. The van der Waals surface area contributed by atoms with Gasteiger partial charge in [-0.3, -0.25) is 0 Å². The lowest BCUT2D eigenvalue weighted by Gasteiger charge is -2.21. The predicted molar refractivity (Wildman–Crippen MR) is 120 cm³/mol. The van der Waals surface area contributed by atoms with Gasteiger partial charge in [0.15, 0.2) is 28.8 Å². The van der Waals surface area contributed by atoms with E-state index in [0.29, 0.717) is 29.5 Å². The number of para-hydroxylation sites is 2. The van der Waals surface area contributed by atoms with Gasteiger partial charge in [-0.15, -0.1) is 0 Å². The Morgan fingerprint density at radius 1 is 0.677 bits per heavy atom. The highest BCUT2D eigenvalue weighted by atomic mass is 16.6. The van der Waals surface area contributed by atoms with E-state index < -0.39 is 0 Å². The molecule has 0 spiro atoms. The molecule has 0 amide bonds. The lowest BCUT2D eigenvalue weighted by Crippen LogP contribution is -2.19. The van der Waals surface area contributed by atoms with E-state index >= 15 is 0 Å². The molecule has 0 unspecified atom stereocenters. The molecule has 1 aromatic heterocycles. The van der Waals surface area contributed by atoms with E-state index in [1.165, 1.54) is 0 Å². The Hall–Kier alpha value is -3.73. The first-order chi connectivity index (χ1) is 15.0. The number of nitrogens with zero attached hydrogens (tertiary/aromatic N) is 3. The van der Waals surface area contributed by atoms with Gasteiger partial charge in [0, 0.05) is 17.4 Å². The molecule has 0 saturated heterocycles. The summed E-state index contributed by atoms with van der Waals surface area (Å²) in [5, 5.41) is 0. The summed E-state index contributed by atoms with van der Waals surface area (Å²) in [7, 11) is 0. The van der Waals surface area contributed by atoms with E-state index in [4.69, 9.17) is 24.4 Å². The SMILES string of the molecule is CC(C)(C)c1nc(Cc2ccc3c(c2)Oc2ccccc2O3)nc(-c2ccccc2)n1. The fraction of sp³-hybridized carbons (Fsp3) is 0.192. The van der Waals surface area contributed by atoms with Crippen molar-refractivity contribution in [3.8, 4) is 34.4 Å².